The summed E-state index contributed by atoms with van der Waals surface area (Å²) < 4.78 is 30.2. The highest BCUT2D eigenvalue weighted by atomic mass is 32.2. The molecule has 4 rings (SSSR count). The molecular formula is C21H23N3O3S2. The molecule has 1 aliphatic heterocycles. The third kappa shape index (κ3) is 3.80. The molecule has 29 heavy (non-hydrogen) atoms. The molecular weight excluding hydrogens is 406 g/mol. The molecule has 0 bridgehead atoms. The average Bonchev–Trinajstić information content (AvgIpc) is 3.05. The smallest absolute Gasteiger partial charge is 0.252 e. The Kier molecular flexibility index (Phi) is 5.42. The second-order valence-electron chi connectivity index (χ2n) is 7.33. The zero-order chi connectivity index (χ0) is 20.6. The summed E-state index contributed by atoms with van der Waals surface area (Å²) in [6.07, 6.45) is 1.30. The Morgan fingerprint density at radius 2 is 1.90 bits per heavy atom. The Bertz CT molecular complexity index is 1230. The van der Waals surface area contributed by atoms with Gasteiger partial charge in [-0.3, -0.25) is 4.79 Å². The van der Waals surface area contributed by atoms with Crippen LogP contribution in [0.1, 0.15) is 18.4 Å². The maximum absolute atomic E-state index is 12.9. The normalized spacial score (nSPS) is 19.0. The Labute approximate surface area is 174 Å². The quantitative estimate of drug-likeness (QED) is 0.642. The lowest BCUT2D eigenvalue weighted by molar-refractivity contribution is -0.122. The minimum atomic E-state index is -3.60. The molecule has 2 heterocycles. The van der Waals surface area contributed by atoms with Crippen LogP contribution in [0.15, 0.2) is 58.4 Å². The Morgan fingerprint density at radius 1 is 1.14 bits per heavy atom. The highest BCUT2D eigenvalue weighted by Gasteiger charge is 2.33. The van der Waals surface area contributed by atoms with E-state index in [9.17, 15) is 13.2 Å². The molecule has 3 aromatic rings. The Morgan fingerprint density at radius 3 is 2.62 bits per heavy atom. The molecule has 152 valence electrons. The van der Waals surface area contributed by atoms with E-state index in [2.05, 4.69) is 4.99 Å². The van der Waals surface area contributed by atoms with Gasteiger partial charge in [0.2, 0.25) is 10.0 Å². The SMILES string of the molecule is Cc1cccc2sc(=NC(=O)C3CCCN(S(=O)(=O)c4ccccc4)C3)n(C)c12. The van der Waals surface area contributed by atoms with Gasteiger partial charge in [0.05, 0.1) is 21.0 Å². The molecule has 0 saturated carbocycles. The molecule has 0 radical (unpaired) electrons. The number of aryl methyl sites for hydroxylation is 2. The summed E-state index contributed by atoms with van der Waals surface area (Å²) in [5, 5.41) is 0. The van der Waals surface area contributed by atoms with Gasteiger partial charge in [0.15, 0.2) is 4.80 Å². The second kappa shape index (κ2) is 7.85. The van der Waals surface area contributed by atoms with E-state index in [1.54, 1.807) is 30.3 Å². The van der Waals surface area contributed by atoms with Gasteiger partial charge in [-0.1, -0.05) is 41.7 Å². The number of nitrogens with zero attached hydrogens (tertiary/aromatic N) is 3. The fraction of sp³-hybridized carbons (Fsp3) is 0.333. The minimum absolute atomic E-state index is 0.174. The van der Waals surface area contributed by atoms with E-state index in [0.717, 1.165) is 15.8 Å². The number of benzene rings is 2. The zero-order valence-electron chi connectivity index (χ0n) is 16.4. The molecule has 1 unspecified atom stereocenters. The first-order valence-corrected chi connectivity index (χ1v) is 11.8. The van der Waals surface area contributed by atoms with Crippen LogP contribution < -0.4 is 4.80 Å². The predicted molar refractivity (Wildman–Crippen MR) is 114 cm³/mol. The summed E-state index contributed by atoms with van der Waals surface area (Å²) in [5.74, 6) is -0.675. The molecule has 1 amide bonds. The number of fused-ring (bicyclic) bond motifs is 1. The number of rotatable bonds is 3. The molecule has 1 saturated heterocycles. The van der Waals surface area contributed by atoms with Crippen molar-refractivity contribution in [3.8, 4) is 0 Å². The van der Waals surface area contributed by atoms with E-state index in [0.29, 0.717) is 24.2 Å². The van der Waals surface area contributed by atoms with Crippen molar-refractivity contribution in [3.05, 3.63) is 58.9 Å². The third-order valence-corrected chi connectivity index (χ3v) is 8.32. The number of amides is 1. The standard InChI is InChI=1S/C21H23N3O3S2/c1-15-8-6-12-18-19(15)23(2)21(28-18)22-20(25)16-9-7-13-24(14-16)29(26,27)17-10-4-3-5-11-17/h3-6,8,10-12,16H,7,9,13-14H2,1-2H3. The highest BCUT2D eigenvalue weighted by molar-refractivity contribution is 7.89. The van der Waals surface area contributed by atoms with Crippen molar-refractivity contribution >= 4 is 37.5 Å². The molecule has 1 aromatic heterocycles. The van der Waals surface area contributed by atoms with Gasteiger partial charge >= 0.3 is 0 Å². The van der Waals surface area contributed by atoms with Crippen LogP contribution in [0, 0.1) is 12.8 Å². The van der Waals surface area contributed by atoms with E-state index in [-0.39, 0.29) is 17.3 Å². The lowest BCUT2D eigenvalue weighted by Gasteiger charge is -2.30. The number of para-hydroxylation sites is 1. The van der Waals surface area contributed by atoms with Crippen LogP contribution >= 0.6 is 11.3 Å². The van der Waals surface area contributed by atoms with Crippen molar-refractivity contribution in [2.75, 3.05) is 13.1 Å². The number of thiazole rings is 1. The first-order chi connectivity index (χ1) is 13.9. The van der Waals surface area contributed by atoms with Gasteiger partial charge in [0, 0.05) is 20.1 Å². The maximum Gasteiger partial charge on any atom is 0.252 e. The number of piperidine rings is 1. The number of hydrogen-bond donors (Lipinski definition) is 0. The van der Waals surface area contributed by atoms with Crippen molar-refractivity contribution < 1.29 is 13.2 Å². The van der Waals surface area contributed by atoms with Crippen molar-refractivity contribution in [1.29, 1.82) is 0 Å². The van der Waals surface area contributed by atoms with E-state index in [1.807, 2.05) is 36.7 Å². The fourth-order valence-corrected chi connectivity index (χ4v) is 6.44. The molecule has 8 heteroatoms. The van der Waals surface area contributed by atoms with E-state index in [4.69, 9.17) is 0 Å². The van der Waals surface area contributed by atoms with Gasteiger partial charge in [0.1, 0.15) is 0 Å². The topological polar surface area (TPSA) is 71.7 Å². The Balaban J connectivity index is 1.61. The second-order valence-corrected chi connectivity index (χ2v) is 10.3. The van der Waals surface area contributed by atoms with Crippen molar-refractivity contribution in [1.82, 2.24) is 8.87 Å². The Hall–Kier alpha value is -2.29. The van der Waals surface area contributed by atoms with E-state index >= 15 is 0 Å². The van der Waals surface area contributed by atoms with Crippen LogP contribution in [0.25, 0.3) is 10.2 Å². The summed E-state index contributed by atoms with van der Waals surface area (Å²) in [4.78, 5) is 18.2. The molecule has 0 N–H and O–H groups in total. The maximum atomic E-state index is 12.9. The number of hydrogen-bond acceptors (Lipinski definition) is 4. The van der Waals surface area contributed by atoms with Gasteiger partial charge in [-0.25, -0.2) is 8.42 Å². The van der Waals surface area contributed by atoms with Crippen LogP contribution in [0.2, 0.25) is 0 Å². The number of aromatic nitrogens is 1. The zero-order valence-corrected chi connectivity index (χ0v) is 18.0. The monoisotopic (exact) mass is 429 g/mol. The predicted octanol–water partition coefficient (Wildman–Crippen LogP) is 3.08. The van der Waals surface area contributed by atoms with Crippen molar-refractivity contribution in [2.45, 2.75) is 24.7 Å². The van der Waals surface area contributed by atoms with Crippen molar-refractivity contribution in [3.63, 3.8) is 0 Å². The highest BCUT2D eigenvalue weighted by Crippen LogP contribution is 2.25. The van der Waals surface area contributed by atoms with Gasteiger partial charge < -0.3 is 4.57 Å². The van der Waals surface area contributed by atoms with Crippen LogP contribution in [0.4, 0.5) is 0 Å². The van der Waals surface area contributed by atoms with Gasteiger partial charge in [0.25, 0.3) is 5.91 Å². The van der Waals surface area contributed by atoms with Crippen molar-refractivity contribution in [2.24, 2.45) is 18.0 Å². The van der Waals surface area contributed by atoms with Crippen LogP contribution in [0.3, 0.4) is 0 Å². The first kappa shape index (κ1) is 20.0. The minimum Gasteiger partial charge on any atom is -0.319 e. The summed E-state index contributed by atoms with van der Waals surface area (Å²) in [6.45, 7) is 2.64. The van der Waals surface area contributed by atoms with Gasteiger partial charge in [-0.05, 0) is 43.5 Å². The molecule has 2 aromatic carbocycles. The molecule has 1 atom stereocenters. The number of carbonyl (C=O) groups excluding carboxylic acids is 1. The fourth-order valence-electron chi connectivity index (χ4n) is 3.79. The number of sulfonamides is 1. The number of carbonyl (C=O) groups is 1. The molecule has 6 nitrogen and oxygen atoms in total. The summed E-state index contributed by atoms with van der Waals surface area (Å²) in [5.41, 5.74) is 2.20. The summed E-state index contributed by atoms with van der Waals surface area (Å²) in [6, 6.07) is 14.4. The average molecular weight is 430 g/mol. The largest absolute Gasteiger partial charge is 0.319 e. The van der Waals surface area contributed by atoms with E-state index < -0.39 is 15.9 Å². The summed E-state index contributed by atoms with van der Waals surface area (Å²) >= 11 is 1.48. The summed E-state index contributed by atoms with van der Waals surface area (Å²) in [7, 11) is -1.69. The van der Waals surface area contributed by atoms with Gasteiger partial charge in [-0.15, -0.1) is 0 Å². The lowest BCUT2D eigenvalue weighted by Crippen LogP contribution is -2.42. The molecule has 0 spiro atoms. The van der Waals surface area contributed by atoms with Crippen LogP contribution in [0.5, 0.6) is 0 Å². The molecule has 1 aliphatic rings. The lowest BCUT2D eigenvalue weighted by atomic mass is 9.99. The molecule has 0 aliphatic carbocycles. The van der Waals surface area contributed by atoms with Gasteiger partial charge in [-0.2, -0.15) is 9.30 Å². The van der Waals surface area contributed by atoms with E-state index in [1.165, 1.54) is 15.6 Å². The van der Waals surface area contributed by atoms with Crippen LogP contribution in [-0.2, 0) is 21.9 Å². The van der Waals surface area contributed by atoms with Crippen LogP contribution in [-0.4, -0.2) is 36.3 Å². The first-order valence-electron chi connectivity index (χ1n) is 9.57. The third-order valence-electron chi connectivity index (χ3n) is 5.34. The molecule has 1 fully saturated rings.